The monoisotopic (exact) mass is 290 g/mol. The van der Waals surface area contributed by atoms with E-state index in [2.05, 4.69) is 20.6 Å². The van der Waals surface area contributed by atoms with Gasteiger partial charge in [0, 0.05) is 17.5 Å². The van der Waals surface area contributed by atoms with E-state index in [0.717, 1.165) is 28.0 Å². The molecule has 0 saturated carbocycles. The summed E-state index contributed by atoms with van der Waals surface area (Å²) in [5.74, 6) is -0.120. The molecular weight excluding hydrogens is 276 g/mol. The van der Waals surface area contributed by atoms with Gasteiger partial charge in [0.2, 0.25) is 0 Å². The van der Waals surface area contributed by atoms with E-state index < -0.39 is 0 Å². The highest BCUT2D eigenvalue weighted by molar-refractivity contribution is 6.34. The fraction of sp³-hybridized carbons (Fsp3) is 0.0588. The van der Waals surface area contributed by atoms with Gasteiger partial charge < -0.3 is 15.6 Å². The number of nitrogens with one attached hydrogen (secondary N) is 3. The summed E-state index contributed by atoms with van der Waals surface area (Å²) < 4.78 is 0. The van der Waals surface area contributed by atoms with Gasteiger partial charge in [-0.15, -0.1) is 0 Å². The minimum Gasteiger partial charge on any atom is -0.361 e. The first-order valence-electron chi connectivity index (χ1n) is 7.03. The number of amides is 1. The molecule has 4 rings (SSSR count). The van der Waals surface area contributed by atoms with Crippen LogP contribution >= 0.6 is 0 Å². The molecule has 108 valence electrons. The molecule has 0 bridgehead atoms. The molecule has 5 nitrogen and oxygen atoms in total. The van der Waals surface area contributed by atoms with Crippen molar-refractivity contribution in [3.05, 3.63) is 60.1 Å². The van der Waals surface area contributed by atoms with Gasteiger partial charge in [0.1, 0.15) is 0 Å². The van der Waals surface area contributed by atoms with E-state index in [1.807, 2.05) is 43.3 Å². The summed E-state index contributed by atoms with van der Waals surface area (Å²) in [6, 6.07) is 11.8. The van der Waals surface area contributed by atoms with Crippen LogP contribution < -0.4 is 10.6 Å². The minimum atomic E-state index is -0.120. The maximum atomic E-state index is 12.2. The maximum Gasteiger partial charge on any atom is 0.257 e. The molecular formula is C17H14N4O. The lowest BCUT2D eigenvalue weighted by atomic mass is 10.1. The quantitative estimate of drug-likeness (QED) is 0.634. The molecule has 1 aliphatic rings. The number of carbonyl (C=O) groups is 1. The maximum absolute atomic E-state index is 12.2. The Morgan fingerprint density at radius 1 is 1.14 bits per heavy atom. The Labute approximate surface area is 127 Å². The molecule has 0 radical (unpaired) electrons. The number of aromatic amines is 1. The van der Waals surface area contributed by atoms with E-state index in [1.54, 1.807) is 12.5 Å². The lowest BCUT2D eigenvalue weighted by molar-refractivity contribution is -0.110. The largest absolute Gasteiger partial charge is 0.361 e. The van der Waals surface area contributed by atoms with Gasteiger partial charge in [0.25, 0.3) is 5.91 Å². The Morgan fingerprint density at radius 2 is 1.95 bits per heavy atom. The number of H-pyrrole nitrogens is 1. The molecule has 0 spiro atoms. The SMILES string of the molecule is Cc1ccc(N/C=C2/C(=O)Nc3ccc4[nH]cnc4c32)cc1. The van der Waals surface area contributed by atoms with Crippen LogP contribution in [-0.4, -0.2) is 15.9 Å². The van der Waals surface area contributed by atoms with Crippen molar-refractivity contribution in [1.82, 2.24) is 9.97 Å². The van der Waals surface area contributed by atoms with Gasteiger partial charge in [-0.25, -0.2) is 4.98 Å². The van der Waals surface area contributed by atoms with Crippen molar-refractivity contribution in [2.75, 3.05) is 10.6 Å². The van der Waals surface area contributed by atoms with Gasteiger partial charge in [-0.3, -0.25) is 4.79 Å². The van der Waals surface area contributed by atoms with Crippen LogP contribution in [0.4, 0.5) is 11.4 Å². The summed E-state index contributed by atoms with van der Waals surface area (Å²) in [4.78, 5) is 19.6. The number of fused-ring (bicyclic) bond motifs is 3. The summed E-state index contributed by atoms with van der Waals surface area (Å²) in [6.45, 7) is 2.04. The van der Waals surface area contributed by atoms with Crippen molar-refractivity contribution in [1.29, 1.82) is 0 Å². The highest BCUT2D eigenvalue weighted by atomic mass is 16.2. The number of rotatable bonds is 2. The van der Waals surface area contributed by atoms with Gasteiger partial charge in [0.05, 0.1) is 28.6 Å². The molecule has 0 atom stereocenters. The summed E-state index contributed by atoms with van der Waals surface area (Å²) in [6.07, 6.45) is 3.37. The smallest absolute Gasteiger partial charge is 0.257 e. The van der Waals surface area contributed by atoms with Crippen LogP contribution in [0.3, 0.4) is 0 Å². The summed E-state index contributed by atoms with van der Waals surface area (Å²) in [5.41, 5.74) is 6.07. The van der Waals surface area contributed by atoms with Crippen LogP contribution in [0.15, 0.2) is 48.9 Å². The molecule has 5 heteroatoms. The number of carbonyl (C=O) groups excluding carboxylic acids is 1. The Morgan fingerprint density at radius 3 is 2.77 bits per heavy atom. The van der Waals surface area contributed by atoms with Gasteiger partial charge in [0.15, 0.2) is 0 Å². The van der Waals surface area contributed by atoms with Crippen molar-refractivity contribution >= 4 is 33.9 Å². The lowest BCUT2D eigenvalue weighted by Gasteiger charge is -2.03. The minimum absolute atomic E-state index is 0.120. The van der Waals surface area contributed by atoms with E-state index in [4.69, 9.17) is 0 Å². The van der Waals surface area contributed by atoms with Crippen LogP contribution in [-0.2, 0) is 4.79 Å². The Bertz CT molecular complexity index is 906. The zero-order valence-corrected chi connectivity index (χ0v) is 12.0. The van der Waals surface area contributed by atoms with E-state index in [0.29, 0.717) is 5.57 Å². The number of aryl methyl sites for hydroxylation is 1. The van der Waals surface area contributed by atoms with Crippen LogP contribution in [0.2, 0.25) is 0 Å². The third-order valence-corrected chi connectivity index (χ3v) is 3.79. The molecule has 2 aromatic carbocycles. The molecule has 0 saturated heterocycles. The van der Waals surface area contributed by atoms with Gasteiger partial charge in [-0.2, -0.15) is 0 Å². The molecule has 1 aromatic heterocycles. The summed E-state index contributed by atoms with van der Waals surface area (Å²) in [5, 5.41) is 6.05. The Hall–Kier alpha value is -3.08. The van der Waals surface area contributed by atoms with Crippen molar-refractivity contribution in [3.8, 4) is 0 Å². The molecule has 22 heavy (non-hydrogen) atoms. The number of hydrogen-bond donors (Lipinski definition) is 3. The van der Waals surface area contributed by atoms with Crippen LogP contribution in [0.25, 0.3) is 16.6 Å². The predicted molar refractivity (Wildman–Crippen MR) is 87.5 cm³/mol. The fourth-order valence-corrected chi connectivity index (χ4v) is 2.63. The second-order valence-electron chi connectivity index (χ2n) is 5.31. The molecule has 0 aliphatic carbocycles. The zero-order chi connectivity index (χ0) is 15.1. The first-order chi connectivity index (χ1) is 10.7. The molecule has 0 unspecified atom stereocenters. The van der Waals surface area contributed by atoms with Crippen molar-refractivity contribution in [3.63, 3.8) is 0 Å². The van der Waals surface area contributed by atoms with Crippen molar-refractivity contribution < 1.29 is 4.79 Å². The topological polar surface area (TPSA) is 69.8 Å². The number of aromatic nitrogens is 2. The van der Waals surface area contributed by atoms with E-state index in [9.17, 15) is 4.79 Å². The van der Waals surface area contributed by atoms with E-state index >= 15 is 0 Å². The molecule has 1 aliphatic heterocycles. The lowest BCUT2D eigenvalue weighted by Crippen LogP contribution is -2.05. The number of imidazole rings is 1. The average Bonchev–Trinajstić information content (AvgIpc) is 3.10. The van der Waals surface area contributed by atoms with Crippen LogP contribution in [0, 0.1) is 6.92 Å². The second-order valence-corrected chi connectivity index (χ2v) is 5.31. The molecule has 2 heterocycles. The Balaban J connectivity index is 1.76. The normalized spacial score (nSPS) is 15.1. The molecule has 3 N–H and O–H groups in total. The van der Waals surface area contributed by atoms with Gasteiger partial charge in [-0.1, -0.05) is 17.7 Å². The third-order valence-electron chi connectivity index (χ3n) is 3.79. The summed E-state index contributed by atoms with van der Waals surface area (Å²) in [7, 11) is 0. The first-order valence-corrected chi connectivity index (χ1v) is 7.03. The van der Waals surface area contributed by atoms with Crippen molar-refractivity contribution in [2.24, 2.45) is 0 Å². The second kappa shape index (κ2) is 4.73. The number of benzene rings is 2. The van der Waals surface area contributed by atoms with E-state index in [-0.39, 0.29) is 5.91 Å². The highest BCUT2D eigenvalue weighted by Gasteiger charge is 2.27. The number of nitrogens with zero attached hydrogens (tertiary/aromatic N) is 1. The highest BCUT2D eigenvalue weighted by Crippen LogP contribution is 2.36. The average molecular weight is 290 g/mol. The van der Waals surface area contributed by atoms with Gasteiger partial charge >= 0.3 is 0 Å². The van der Waals surface area contributed by atoms with E-state index in [1.165, 1.54) is 5.56 Å². The predicted octanol–water partition coefficient (Wildman–Crippen LogP) is 3.28. The molecule has 1 amide bonds. The third kappa shape index (κ3) is 1.95. The van der Waals surface area contributed by atoms with Gasteiger partial charge in [-0.05, 0) is 31.2 Å². The first kappa shape index (κ1) is 12.6. The number of hydrogen-bond acceptors (Lipinski definition) is 3. The zero-order valence-electron chi connectivity index (χ0n) is 12.0. The Kier molecular flexibility index (Phi) is 2.72. The molecule has 3 aromatic rings. The number of anilines is 2. The van der Waals surface area contributed by atoms with Crippen LogP contribution in [0.5, 0.6) is 0 Å². The van der Waals surface area contributed by atoms with Crippen LogP contribution in [0.1, 0.15) is 11.1 Å². The summed E-state index contributed by atoms with van der Waals surface area (Å²) >= 11 is 0. The van der Waals surface area contributed by atoms with Crippen molar-refractivity contribution in [2.45, 2.75) is 6.92 Å². The fourth-order valence-electron chi connectivity index (χ4n) is 2.63. The molecule has 0 fully saturated rings. The standard InChI is InChI=1S/C17H14N4O/c1-10-2-4-11(5-3-10)18-8-12-15-13(21-17(12)22)6-7-14-16(15)20-9-19-14/h2-9,18H,1H3,(H,19,20)(H,21,22)/b12-8+.